The van der Waals surface area contributed by atoms with E-state index in [1.165, 1.54) is 30.9 Å². The highest BCUT2D eigenvalue weighted by Gasteiger charge is 2.27. The summed E-state index contributed by atoms with van der Waals surface area (Å²) in [5.41, 5.74) is -0.231. The van der Waals surface area contributed by atoms with Gasteiger partial charge in [0, 0.05) is 30.4 Å². The Morgan fingerprint density at radius 1 is 1.24 bits per heavy atom. The van der Waals surface area contributed by atoms with Crippen LogP contribution in [0.3, 0.4) is 0 Å². The van der Waals surface area contributed by atoms with Gasteiger partial charge in [0.05, 0.1) is 41.3 Å². The summed E-state index contributed by atoms with van der Waals surface area (Å²) in [5.74, 6) is -0.251. The molecule has 4 N–H and O–H groups in total. The summed E-state index contributed by atoms with van der Waals surface area (Å²) in [4.78, 5) is 21.4. The molecule has 0 aliphatic carbocycles. The minimum absolute atomic E-state index is 0.0150. The molecule has 11 heteroatoms. The van der Waals surface area contributed by atoms with Gasteiger partial charge in [0.1, 0.15) is 12.2 Å². The number of aromatic nitrogens is 4. The van der Waals surface area contributed by atoms with E-state index in [-0.39, 0.29) is 24.6 Å². The van der Waals surface area contributed by atoms with Crippen molar-refractivity contribution in [2.45, 2.75) is 45.6 Å². The number of hydrogen-bond donors (Lipinski definition) is 4. The first-order valence-corrected chi connectivity index (χ1v) is 10.8. The molecule has 3 aromatic heterocycles. The van der Waals surface area contributed by atoms with Crippen molar-refractivity contribution in [2.24, 2.45) is 5.92 Å². The highest BCUT2D eigenvalue weighted by molar-refractivity contribution is 5.99. The number of alkyl halides is 1. The lowest BCUT2D eigenvalue weighted by molar-refractivity contribution is -0.00177. The fraction of sp³-hybridized carbons (Fsp3) is 0.435. The number of amides is 1. The average Bonchev–Trinajstić information content (AvgIpc) is 3.22. The molecule has 0 saturated carbocycles. The minimum Gasteiger partial charge on any atom is -0.391 e. The van der Waals surface area contributed by atoms with Crippen molar-refractivity contribution in [3.8, 4) is 11.9 Å². The first-order valence-electron chi connectivity index (χ1n) is 10.8. The number of halogens is 1. The van der Waals surface area contributed by atoms with Crippen LogP contribution in [0.1, 0.15) is 43.6 Å². The number of aliphatic hydroxyl groups excluding tert-OH is 1. The molecule has 0 aliphatic heterocycles. The van der Waals surface area contributed by atoms with Gasteiger partial charge in [-0.2, -0.15) is 15.0 Å². The van der Waals surface area contributed by atoms with Gasteiger partial charge in [0.25, 0.3) is 5.91 Å². The molecule has 180 valence electrons. The molecule has 10 nitrogen and oxygen atoms in total. The summed E-state index contributed by atoms with van der Waals surface area (Å²) >= 11 is 0. The molecule has 1 amide bonds. The Balaban J connectivity index is 1.94. The molecule has 0 spiro atoms. The number of nitrogens with zero attached hydrogens (tertiary/aromatic N) is 5. The molecule has 0 aliphatic rings. The van der Waals surface area contributed by atoms with E-state index in [1.807, 2.05) is 19.9 Å². The zero-order valence-corrected chi connectivity index (χ0v) is 19.4. The molecule has 2 atom stereocenters. The van der Waals surface area contributed by atoms with Crippen molar-refractivity contribution >= 4 is 22.6 Å². The number of carbonyl (C=O) groups excluding carboxylic acids is 1. The van der Waals surface area contributed by atoms with E-state index in [2.05, 4.69) is 25.7 Å². The van der Waals surface area contributed by atoms with Gasteiger partial charge in [-0.05, 0) is 25.8 Å². The number of pyridine rings is 2. The van der Waals surface area contributed by atoms with Crippen LogP contribution in [0.25, 0.3) is 16.9 Å². The van der Waals surface area contributed by atoms with Gasteiger partial charge in [-0.3, -0.25) is 4.79 Å². The molecule has 0 fully saturated rings. The van der Waals surface area contributed by atoms with Crippen LogP contribution in [0.2, 0.25) is 0 Å². The van der Waals surface area contributed by atoms with E-state index in [1.54, 1.807) is 18.3 Å². The van der Waals surface area contributed by atoms with Crippen molar-refractivity contribution in [1.82, 2.24) is 25.1 Å². The Bertz CT molecular complexity index is 1210. The molecule has 0 bridgehead atoms. The summed E-state index contributed by atoms with van der Waals surface area (Å²) in [5, 5.41) is 39.5. The Kier molecular flexibility index (Phi) is 7.44. The summed E-state index contributed by atoms with van der Waals surface area (Å²) < 4.78 is 15.6. The lowest BCUT2D eigenvalue weighted by Crippen LogP contribution is -2.42. The maximum absolute atomic E-state index is 14.1. The lowest BCUT2D eigenvalue weighted by Gasteiger charge is -2.23. The SMILES string of the molecule is CC(C)C(O)CNc1cc(-n2ncc3cc(C#N)cnc32)ncc1C(=O)NC[C@@H](F)C(C)(C)O. The summed E-state index contributed by atoms with van der Waals surface area (Å²) in [6.07, 6.45) is 1.97. The second-order valence-corrected chi connectivity index (χ2v) is 8.92. The van der Waals surface area contributed by atoms with Gasteiger partial charge in [0.15, 0.2) is 11.5 Å². The first-order chi connectivity index (χ1) is 16.0. The third kappa shape index (κ3) is 5.65. The zero-order chi connectivity index (χ0) is 25.0. The summed E-state index contributed by atoms with van der Waals surface area (Å²) in [6, 6.07) is 5.26. The van der Waals surface area contributed by atoms with Crippen LogP contribution in [0.5, 0.6) is 0 Å². The van der Waals surface area contributed by atoms with E-state index in [0.29, 0.717) is 28.1 Å². The average molecular weight is 470 g/mol. The lowest BCUT2D eigenvalue weighted by atomic mass is 10.0. The molecule has 3 heterocycles. The van der Waals surface area contributed by atoms with E-state index in [4.69, 9.17) is 5.26 Å². The predicted octanol–water partition coefficient (Wildman–Crippen LogP) is 1.95. The van der Waals surface area contributed by atoms with Crippen LogP contribution in [-0.2, 0) is 0 Å². The molecule has 0 aromatic carbocycles. The second-order valence-electron chi connectivity index (χ2n) is 8.92. The van der Waals surface area contributed by atoms with Gasteiger partial charge >= 0.3 is 0 Å². The van der Waals surface area contributed by atoms with Crippen LogP contribution in [0, 0.1) is 17.2 Å². The van der Waals surface area contributed by atoms with Crippen LogP contribution in [0.4, 0.5) is 10.1 Å². The van der Waals surface area contributed by atoms with E-state index in [0.717, 1.165) is 0 Å². The van der Waals surface area contributed by atoms with Gasteiger partial charge in [-0.1, -0.05) is 13.8 Å². The second kappa shape index (κ2) is 10.1. The standard InChI is InChI=1S/C23H28FN7O3/c1-13(2)18(32)11-26-17-6-20(31-21-15(9-30-31)5-14(7-25)8-28-21)27-10-16(17)22(33)29-12-19(24)23(3,4)34/h5-6,8-10,13,18-19,32,34H,11-12H2,1-4H3,(H,26,27)(H,29,33)/t18?,19-/m1/s1. The van der Waals surface area contributed by atoms with Gasteiger partial charge in [-0.15, -0.1) is 0 Å². The fourth-order valence-corrected chi connectivity index (χ4v) is 3.01. The molecule has 3 rings (SSSR count). The quantitative estimate of drug-likeness (QED) is 0.372. The maximum atomic E-state index is 14.1. The number of nitriles is 1. The van der Waals surface area contributed by atoms with Gasteiger partial charge in [0.2, 0.25) is 0 Å². The molecule has 0 saturated heterocycles. The number of aliphatic hydroxyl groups is 2. The van der Waals surface area contributed by atoms with Gasteiger partial charge < -0.3 is 20.8 Å². The van der Waals surface area contributed by atoms with E-state index in [9.17, 15) is 19.4 Å². The minimum atomic E-state index is -1.66. The molecule has 1 unspecified atom stereocenters. The third-order valence-electron chi connectivity index (χ3n) is 5.37. The molecule has 34 heavy (non-hydrogen) atoms. The monoisotopic (exact) mass is 469 g/mol. The Hall–Kier alpha value is -3.62. The van der Waals surface area contributed by atoms with Crippen LogP contribution in [-0.4, -0.2) is 66.8 Å². The predicted molar refractivity (Wildman–Crippen MR) is 124 cm³/mol. The number of nitrogens with one attached hydrogen (secondary N) is 2. The molecular formula is C23H28FN7O3. The van der Waals surface area contributed by atoms with Crippen LogP contribution >= 0.6 is 0 Å². The highest BCUT2D eigenvalue weighted by atomic mass is 19.1. The fourth-order valence-electron chi connectivity index (χ4n) is 3.01. The van der Waals surface area contributed by atoms with Crippen molar-refractivity contribution in [1.29, 1.82) is 5.26 Å². The van der Waals surface area contributed by atoms with E-state index >= 15 is 0 Å². The van der Waals surface area contributed by atoms with Gasteiger partial charge in [-0.25, -0.2) is 14.4 Å². The van der Waals surface area contributed by atoms with Crippen LogP contribution in [0.15, 0.2) is 30.7 Å². The van der Waals surface area contributed by atoms with Crippen molar-refractivity contribution in [3.05, 3.63) is 41.9 Å². The van der Waals surface area contributed by atoms with Crippen molar-refractivity contribution in [3.63, 3.8) is 0 Å². The third-order valence-corrected chi connectivity index (χ3v) is 5.37. The highest BCUT2D eigenvalue weighted by Crippen LogP contribution is 2.22. The number of hydrogen-bond acceptors (Lipinski definition) is 8. The smallest absolute Gasteiger partial charge is 0.255 e. The number of carbonyl (C=O) groups is 1. The Labute approximate surface area is 196 Å². The topological polar surface area (TPSA) is 149 Å². The maximum Gasteiger partial charge on any atom is 0.255 e. The molecule has 0 radical (unpaired) electrons. The Morgan fingerprint density at radius 2 is 1.97 bits per heavy atom. The summed E-state index contributed by atoms with van der Waals surface area (Å²) in [7, 11) is 0. The first kappa shape index (κ1) is 25.0. The normalized spacial score (nSPS) is 13.5. The van der Waals surface area contributed by atoms with Crippen molar-refractivity contribution < 1.29 is 19.4 Å². The summed E-state index contributed by atoms with van der Waals surface area (Å²) in [6.45, 7) is 6.17. The largest absolute Gasteiger partial charge is 0.391 e. The number of fused-ring (bicyclic) bond motifs is 1. The molecule has 3 aromatic rings. The Morgan fingerprint density at radius 3 is 2.62 bits per heavy atom. The van der Waals surface area contributed by atoms with Crippen molar-refractivity contribution in [2.75, 3.05) is 18.4 Å². The van der Waals surface area contributed by atoms with E-state index < -0.39 is 23.8 Å². The van der Waals surface area contributed by atoms with Crippen LogP contribution < -0.4 is 10.6 Å². The molecular weight excluding hydrogens is 441 g/mol. The zero-order valence-electron chi connectivity index (χ0n) is 19.4. The number of anilines is 1. The number of rotatable bonds is 9.